The summed E-state index contributed by atoms with van der Waals surface area (Å²) in [5, 5.41) is 0. The zero-order chi connectivity index (χ0) is 15.9. The van der Waals surface area contributed by atoms with E-state index in [1.54, 1.807) is 0 Å². The van der Waals surface area contributed by atoms with Gasteiger partial charge < -0.3 is 29.3 Å². The molecule has 0 aliphatic heterocycles. The molecule has 0 unspecified atom stereocenters. The summed E-state index contributed by atoms with van der Waals surface area (Å²) in [6.07, 6.45) is 0. The van der Waals surface area contributed by atoms with Crippen LogP contribution in [-0.2, 0) is 6.54 Å². The molecule has 0 heterocycles. The summed E-state index contributed by atoms with van der Waals surface area (Å²) in [4.78, 5) is 0. The van der Waals surface area contributed by atoms with Gasteiger partial charge in [-0.05, 0) is 12.1 Å². The van der Waals surface area contributed by atoms with Gasteiger partial charge >= 0.3 is 0 Å². The molecule has 130 valence electrons. The van der Waals surface area contributed by atoms with Gasteiger partial charge in [-0.3, -0.25) is 4.48 Å². The fourth-order valence-corrected chi connectivity index (χ4v) is 2.01. The van der Waals surface area contributed by atoms with Gasteiger partial charge in [0.05, 0.1) is 42.3 Å². The van der Waals surface area contributed by atoms with Crippen LogP contribution in [0.5, 0.6) is 0 Å². The third-order valence-electron chi connectivity index (χ3n) is 3.03. The maximum absolute atomic E-state index is 2.20. The summed E-state index contributed by atoms with van der Waals surface area (Å²) in [6.45, 7) is 1.10. The van der Waals surface area contributed by atoms with Crippen molar-refractivity contribution in [1.29, 1.82) is 0 Å². The first-order valence-electron chi connectivity index (χ1n) is 7.40. The summed E-state index contributed by atoms with van der Waals surface area (Å²) in [7, 11) is 13.1. The van der Waals surface area contributed by atoms with Crippen molar-refractivity contribution in [2.24, 2.45) is 0 Å². The molecule has 0 saturated heterocycles. The van der Waals surface area contributed by atoms with Gasteiger partial charge in [0.2, 0.25) is 0 Å². The van der Waals surface area contributed by atoms with Crippen LogP contribution >= 0.6 is 0 Å². The summed E-state index contributed by atoms with van der Waals surface area (Å²) < 4.78 is 1.88. The van der Waals surface area contributed by atoms with Crippen LogP contribution in [0.2, 0.25) is 0 Å². The Morgan fingerprint density at radius 2 is 1.00 bits per heavy atom. The maximum atomic E-state index is 2.20. The summed E-state index contributed by atoms with van der Waals surface area (Å²) in [5.74, 6) is 0. The molecule has 0 spiro atoms. The molecule has 2 nitrogen and oxygen atoms in total. The lowest BCUT2D eigenvalue weighted by Crippen LogP contribution is -3.00. The van der Waals surface area contributed by atoms with Crippen LogP contribution in [-0.4, -0.2) is 46.8 Å². The molecule has 0 saturated carbocycles. The van der Waals surface area contributed by atoms with Crippen LogP contribution in [0.1, 0.15) is 5.56 Å². The first kappa shape index (κ1) is 24.2. The minimum atomic E-state index is 0. The van der Waals surface area contributed by atoms with E-state index >= 15 is 0 Å². The average molecular weight is 357 g/mol. The summed E-state index contributed by atoms with van der Waals surface area (Å²) in [6, 6.07) is 21.0. The molecule has 0 bridgehead atoms. The Balaban J connectivity index is 0. The van der Waals surface area contributed by atoms with Crippen molar-refractivity contribution < 1.29 is 29.3 Å². The van der Waals surface area contributed by atoms with E-state index in [2.05, 4.69) is 96.9 Å². The van der Waals surface area contributed by atoms with Gasteiger partial charge in [0.25, 0.3) is 0 Å². The van der Waals surface area contributed by atoms with Crippen molar-refractivity contribution in [2.75, 3.05) is 42.3 Å². The lowest BCUT2D eigenvalue weighted by Gasteiger charge is -2.23. The second-order valence-corrected chi connectivity index (χ2v) is 7.28. The second kappa shape index (κ2) is 10.7. The third-order valence-corrected chi connectivity index (χ3v) is 3.03. The average Bonchev–Trinajstić information content (AvgIpc) is 2.39. The normalized spacial score (nSPS) is 10.5. The molecular weight excluding hydrogens is 327 g/mol. The summed E-state index contributed by atoms with van der Waals surface area (Å²) >= 11 is 0. The molecule has 0 fully saturated rings. The van der Waals surface area contributed by atoms with E-state index in [-0.39, 0.29) is 24.8 Å². The van der Waals surface area contributed by atoms with Gasteiger partial charge in [-0.25, -0.2) is 0 Å². The van der Waals surface area contributed by atoms with E-state index in [0.29, 0.717) is 0 Å². The molecule has 2 rings (SSSR count). The number of nitrogens with zero attached hydrogens (tertiary/aromatic N) is 2. The fourth-order valence-electron chi connectivity index (χ4n) is 2.01. The third kappa shape index (κ3) is 11.2. The Hall–Kier alpha value is -1.06. The number of halogens is 2. The Labute approximate surface area is 154 Å². The van der Waals surface area contributed by atoms with Crippen molar-refractivity contribution >= 4 is 5.69 Å². The standard InChI is InChI=1S/C10H16N.C9H14N.2ClH/c1-11(2,3)9-10-7-5-4-6-8-10;1-10(2,3)9-7-5-4-6-8-9;;/h4-8H,9H2,1-3H3;4-8H,1-3H3;2*1H/q2*+1;;/p-2. The topological polar surface area (TPSA) is 0 Å². The number of para-hydroxylation sites is 1. The quantitative estimate of drug-likeness (QED) is 0.547. The lowest BCUT2D eigenvalue weighted by molar-refractivity contribution is -0.884. The number of hydrogen-bond acceptors (Lipinski definition) is 0. The van der Waals surface area contributed by atoms with Crippen LogP contribution < -0.4 is 29.3 Å². The van der Waals surface area contributed by atoms with Gasteiger partial charge in [0.15, 0.2) is 0 Å². The summed E-state index contributed by atoms with van der Waals surface area (Å²) in [5.41, 5.74) is 2.74. The molecule has 0 radical (unpaired) electrons. The molecule has 4 heteroatoms. The van der Waals surface area contributed by atoms with Crippen molar-refractivity contribution in [2.45, 2.75) is 6.54 Å². The van der Waals surface area contributed by atoms with Crippen molar-refractivity contribution in [3.63, 3.8) is 0 Å². The van der Waals surface area contributed by atoms with E-state index in [1.807, 2.05) is 6.07 Å². The van der Waals surface area contributed by atoms with Crippen LogP contribution in [0.3, 0.4) is 0 Å². The monoisotopic (exact) mass is 356 g/mol. The largest absolute Gasteiger partial charge is 1.00 e. The lowest BCUT2D eigenvalue weighted by atomic mass is 10.2. The molecule has 23 heavy (non-hydrogen) atoms. The smallest absolute Gasteiger partial charge is 0.132 e. The first-order valence-corrected chi connectivity index (χ1v) is 7.40. The zero-order valence-corrected chi connectivity index (χ0v) is 16.6. The molecular formula is C19H30Cl2N2. The highest BCUT2D eigenvalue weighted by atomic mass is 35.5. The predicted octanol–water partition coefficient (Wildman–Crippen LogP) is -2.22. The molecule has 0 aliphatic carbocycles. The van der Waals surface area contributed by atoms with E-state index < -0.39 is 0 Å². The van der Waals surface area contributed by atoms with Crippen LogP contribution in [0.4, 0.5) is 5.69 Å². The molecule has 0 aromatic heterocycles. The number of quaternary nitrogens is 2. The van der Waals surface area contributed by atoms with E-state index in [1.165, 1.54) is 11.3 Å². The second-order valence-electron chi connectivity index (χ2n) is 7.28. The fraction of sp³-hybridized carbons (Fsp3) is 0.368. The van der Waals surface area contributed by atoms with E-state index in [9.17, 15) is 0 Å². The van der Waals surface area contributed by atoms with Gasteiger partial charge in [-0.15, -0.1) is 0 Å². The maximum Gasteiger partial charge on any atom is 0.132 e. The minimum absolute atomic E-state index is 0. The molecule has 0 N–H and O–H groups in total. The Morgan fingerprint density at radius 1 is 0.609 bits per heavy atom. The SMILES string of the molecule is C[N+](C)(C)Cc1ccccc1.C[N+](C)(C)c1ccccc1.[Cl-].[Cl-]. The molecule has 2 aromatic carbocycles. The highest BCUT2D eigenvalue weighted by Crippen LogP contribution is 2.14. The number of hydrogen-bond donors (Lipinski definition) is 0. The van der Waals surface area contributed by atoms with Gasteiger partial charge in [0.1, 0.15) is 12.2 Å². The van der Waals surface area contributed by atoms with Crippen molar-refractivity contribution in [1.82, 2.24) is 4.48 Å². The zero-order valence-electron chi connectivity index (χ0n) is 15.1. The molecule has 0 atom stereocenters. The molecule has 0 amide bonds. The van der Waals surface area contributed by atoms with Crippen LogP contribution in [0, 0.1) is 0 Å². The van der Waals surface area contributed by atoms with E-state index in [4.69, 9.17) is 0 Å². The van der Waals surface area contributed by atoms with Crippen LogP contribution in [0.25, 0.3) is 0 Å². The highest BCUT2D eigenvalue weighted by Gasteiger charge is 2.09. The van der Waals surface area contributed by atoms with E-state index in [0.717, 1.165) is 15.5 Å². The predicted molar refractivity (Wildman–Crippen MR) is 94.2 cm³/mol. The first-order chi connectivity index (χ1) is 9.68. The Kier molecular flexibility index (Phi) is 11.2. The van der Waals surface area contributed by atoms with Gasteiger partial charge in [-0.2, -0.15) is 0 Å². The number of benzene rings is 2. The van der Waals surface area contributed by atoms with Gasteiger partial charge in [-0.1, -0.05) is 48.5 Å². The van der Waals surface area contributed by atoms with Crippen LogP contribution in [0.15, 0.2) is 60.7 Å². The minimum Gasteiger partial charge on any atom is -1.00 e. The Bertz CT molecular complexity index is 515. The molecule has 2 aromatic rings. The Morgan fingerprint density at radius 3 is 1.30 bits per heavy atom. The van der Waals surface area contributed by atoms with Crippen molar-refractivity contribution in [3.05, 3.63) is 66.2 Å². The highest BCUT2D eigenvalue weighted by molar-refractivity contribution is 5.40. The number of rotatable bonds is 3. The molecule has 0 aliphatic rings. The van der Waals surface area contributed by atoms with Crippen molar-refractivity contribution in [3.8, 4) is 0 Å². The van der Waals surface area contributed by atoms with Gasteiger partial charge in [0, 0.05) is 5.56 Å².